The van der Waals surface area contributed by atoms with E-state index in [9.17, 15) is 9.59 Å². The average molecular weight is 219 g/mol. The second-order valence-corrected chi connectivity index (χ2v) is 3.78. The normalized spacial score (nSPS) is 21.9. The number of amides is 2. The third kappa shape index (κ3) is 3.18. The van der Waals surface area contributed by atoms with E-state index in [4.69, 9.17) is 11.6 Å². The number of nitrogens with one attached hydrogen (secondary N) is 1. The number of halogens is 1. The summed E-state index contributed by atoms with van der Waals surface area (Å²) in [5.41, 5.74) is 0. The summed E-state index contributed by atoms with van der Waals surface area (Å²) in [6.07, 6.45) is 1.86. The lowest BCUT2D eigenvalue weighted by molar-refractivity contribution is -0.130. The van der Waals surface area contributed by atoms with Gasteiger partial charge in [-0.3, -0.25) is 9.59 Å². The standard InChI is InChI=1S/C9H15ClN2O2/c1-7(13)11-8-3-2-4-12(6-8)9(14)5-10/h8H,2-6H2,1H3,(H,11,13). The molecule has 0 aromatic rings. The molecule has 4 nitrogen and oxygen atoms in total. The predicted octanol–water partition coefficient (Wildman–Crippen LogP) is 0.352. The Kier molecular flexibility index (Phi) is 4.20. The van der Waals surface area contributed by atoms with E-state index in [1.165, 1.54) is 6.92 Å². The van der Waals surface area contributed by atoms with E-state index in [1.807, 2.05) is 0 Å². The zero-order valence-electron chi connectivity index (χ0n) is 8.25. The van der Waals surface area contributed by atoms with Crippen molar-refractivity contribution in [2.75, 3.05) is 19.0 Å². The van der Waals surface area contributed by atoms with E-state index in [0.29, 0.717) is 6.54 Å². The maximum Gasteiger partial charge on any atom is 0.237 e. The van der Waals surface area contributed by atoms with Gasteiger partial charge in [0.15, 0.2) is 0 Å². The molecular weight excluding hydrogens is 204 g/mol. The van der Waals surface area contributed by atoms with Crippen molar-refractivity contribution in [3.05, 3.63) is 0 Å². The molecule has 0 radical (unpaired) electrons. The lowest BCUT2D eigenvalue weighted by Crippen LogP contribution is -2.49. The van der Waals surface area contributed by atoms with Crippen molar-refractivity contribution < 1.29 is 9.59 Å². The maximum atomic E-state index is 11.3. The van der Waals surface area contributed by atoms with Crippen LogP contribution in [0.15, 0.2) is 0 Å². The van der Waals surface area contributed by atoms with Crippen molar-refractivity contribution >= 4 is 23.4 Å². The second-order valence-electron chi connectivity index (χ2n) is 3.51. The molecule has 80 valence electrons. The van der Waals surface area contributed by atoms with Crippen LogP contribution < -0.4 is 5.32 Å². The predicted molar refractivity (Wildman–Crippen MR) is 54.1 cm³/mol. The summed E-state index contributed by atoms with van der Waals surface area (Å²) in [5, 5.41) is 2.81. The minimum atomic E-state index is -0.0540. The van der Waals surface area contributed by atoms with Gasteiger partial charge in [-0.2, -0.15) is 0 Å². The molecule has 1 aliphatic heterocycles. The van der Waals surface area contributed by atoms with Crippen molar-refractivity contribution in [2.45, 2.75) is 25.8 Å². The lowest BCUT2D eigenvalue weighted by atomic mass is 10.1. The minimum absolute atomic E-state index is 0.0206. The highest BCUT2D eigenvalue weighted by Gasteiger charge is 2.23. The number of carbonyl (C=O) groups excluding carboxylic acids is 2. The van der Waals surface area contributed by atoms with Gasteiger partial charge < -0.3 is 10.2 Å². The van der Waals surface area contributed by atoms with Crippen molar-refractivity contribution in [3.63, 3.8) is 0 Å². The third-order valence-electron chi connectivity index (χ3n) is 2.30. The fourth-order valence-corrected chi connectivity index (χ4v) is 1.86. The van der Waals surface area contributed by atoms with Gasteiger partial charge in [0.1, 0.15) is 5.88 Å². The van der Waals surface area contributed by atoms with Crippen LogP contribution in [0.25, 0.3) is 0 Å². The van der Waals surface area contributed by atoms with Gasteiger partial charge in [0.2, 0.25) is 11.8 Å². The summed E-state index contributed by atoms with van der Waals surface area (Å²) in [6.45, 7) is 2.83. The average Bonchev–Trinajstić information content (AvgIpc) is 2.16. The largest absolute Gasteiger partial charge is 0.352 e. The molecule has 1 saturated heterocycles. The number of rotatable bonds is 2. The van der Waals surface area contributed by atoms with E-state index >= 15 is 0 Å². The number of piperidine rings is 1. The Balaban J connectivity index is 2.43. The van der Waals surface area contributed by atoms with Gasteiger partial charge in [-0.1, -0.05) is 0 Å². The summed E-state index contributed by atoms with van der Waals surface area (Å²) in [6, 6.07) is 0.0911. The highest BCUT2D eigenvalue weighted by Crippen LogP contribution is 2.10. The van der Waals surface area contributed by atoms with Crippen LogP contribution in [0.4, 0.5) is 0 Å². The maximum absolute atomic E-state index is 11.3. The molecule has 2 amide bonds. The summed E-state index contributed by atoms with van der Waals surface area (Å²) in [4.78, 5) is 23.8. The van der Waals surface area contributed by atoms with Gasteiger partial charge in [0.05, 0.1) is 0 Å². The van der Waals surface area contributed by atoms with E-state index < -0.39 is 0 Å². The van der Waals surface area contributed by atoms with Crippen LogP contribution in [-0.2, 0) is 9.59 Å². The smallest absolute Gasteiger partial charge is 0.237 e. The first-order valence-corrected chi connectivity index (χ1v) is 5.27. The molecule has 14 heavy (non-hydrogen) atoms. The molecule has 0 spiro atoms. The molecule has 0 bridgehead atoms. The number of hydrogen-bond donors (Lipinski definition) is 1. The van der Waals surface area contributed by atoms with Gasteiger partial charge in [0, 0.05) is 26.1 Å². The Morgan fingerprint density at radius 2 is 2.29 bits per heavy atom. The Labute approximate surface area is 88.6 Å². The molecule has 0 aromatic carbocycles. The van der Waals surface area contributed by atoms with Crippen LogP contribution in [0.3, 0.4) is 0 Å². The van der Waals surface area contributed by atoms with Crippen LogP contribution in [0.1, 0.15) is 19.8 Å². The van der Waals surface area contributed by atoms with Gasteiger partial charge in [-0.15, -0.1) is 11.6 Å². The quantitative estimate of drug-likeness (QED) is 0.681. The van der Waals surface area contributed by atoms with Gasteiger partial charge in [-0.05, 0) is 12.8 Å². The molecule has 5 heteroatoms. The second kappa shape index (κ2) is 5.20. The van der Waals surface area contributed by atoms with E-state index in [1.54, 1.807) is 4.90 Å². The highest BCUT2D eigenvalue weighted by molar-refractivity contribution is 6.27. The Morgan fingerprint density at radius 3 is 2.86 bits per heavy atom. The number of likely N-dealkylation sites (tertiary alicyclic amines) is 1. The molecule has 1 rings (SSSR count). The fraction of sp³-hybridized carbons (Fsp3) is 0.778. The fourth-order valence-electron chi connectivity index (χ4n) is 1.69. The first-order valence-electron chi connectivity index (χ1n) is 4.74. The molecule has 1 atom stereocenters. The van der Waals surface area contributed by atoms with Gasteiger partial charge >= 0.3 is 0 Å². The Morgan fingerprint density at radius 1 is 1.57 bits per heavy atom. The van der Waals surface area contributed by atoms with Crippen molar-refractivity contribution in [1.82, 2.24) is 10.2 Å². The Hall–Kier alpha value is -0.770. The summed E-state index contributed by atoms with van der Waals surface area (Å²) in [5.74, 6) is -0.0795. The van der Waals surface area contributed by atoms with Crippen LogP contribution >= 0.6 is 11.6 Å². The van der Waals surface area contributed by atoms with Crippen molar-refractivity contribution in [1.29, 1.82) is 0 Å². The lowest BCUT2D eigenvalue weighted by Gasteiger charge is -2.32. The number of hydrogen-bond acceptors (Lipinski definition) is 2. The molecule has 0 aliphatic carbocycles. The monoisotopic (exact) mass is 218 g/mol. The number of alkyl halides is 1. The molecule has 1 N–H and O–H groups in total. The van der Waals surface area contributed by atoms with Gasteiger partial charge in [0.25, 0.3) is 0 Å². The van der Waals surface area contributed by atoms with Crippen LogP contribution in [0.2, 0.25) is 0 Å². The number of carbonyl (C=O) groups is 2. The topological polar surface area (TPSA) is 49.4 Å². The van der Waals surface area contributed by atoms with E-state index in [0.717, 1.165) is 19.4 Å². The molecule has 1 fully saturated rings. The van der Waals surface area contributed by atoms with Crippen molar-refractivity contribution in [3.8, 4) is 0 Å². The van der Waals surface area contributed by atoms with Crippen LogP contribution in [-0.4, -0.2) is 41.7 Å². The molecule has 1 heterocycles. The van der Waals surface area contributed by atoms with E-state index in [-0.39, 0.29) is 23.7 Å². The first-order chi connectivity index (χ1) is 6.63. The third-order valence-corrected chi connectivity index (χ3v) is 2.52. The first kappa shape index (κ1) is 11.3. The molecule has 0 saturated carbocycles. The zero-order chi connectivity index (χ0) is 10.6. The summed E-state index contributed by atoms with van der Waals surface area (Å²) in [7, 11) is 0. The summed E-state index contributed by atoms with van der Waals surface area (Å²) >= 11 is 5.46. The number of nitrogens with zero attached hydrogens (tertiary/aromatic N) is 1. The zero-order valence-corrected chi connectivity index (χ0v) is 9.01. The highest BCUT2D eigenvalue weighted by atomic mass is 35.5. The summed E-state index contributed by atoms with van der Waals surface area (Å²) < 4.78 is 0. The van der Waals surface area contributed by atoms with Crippen LogP contribution in [0, 0.1) is 0 Å². The minimum Gasteiger partial charge on any atom is -0.352 e. The molecule has 0 aromatic heterocycles. The van der Waals surface area contributed by atoms with E-state index in [2.05, 4.69) is 5.32 Å². The van der Waals surface area contributed by atoms with Gasteiger partial charge in [-0.25, -0.2) is 0 Å². The molecular formula is C9H15ClN2O2. The van der Waals surface area contributed by atoms with Crippen LogP contribution in [0.5, 0.6) is 0 Å². The molecule has 1 unspecified atom stereocenters. The Bertz CT molecular complexity index is 233. The van der Waals surface area contributed by atoms with Crippen molar-refractivity contribution in [2.24, 2.45) is 0 Å². The molecule has 1 aliphatic rings. The SMILES string of the molecule is CC(=O)NC1CCCN(C(=O)CCl)C1.